The second-order valence-corrected chi connectivity index (χ2v) is 11.8. The lowest BCUT2D eigenvalue weighted by Crippen LogP contribution is -2.61. The first-order chi connectivity index (χ1) is 17.4. The van der Waals surface area contributed by atoms with Gasteiger partial charge in [-0.25, -0.2) is 0 Å². The fourth-order valence-electron chi connectivity index (χ4n) is 6.79. The van der Waals surface area contributed by atoms with Gasteiger partial charge in [0.1, 0.15) is 5.75 Å². The van der Waals surface area contributed by atoms with Crippen LogP contribution in [0.15, 0.2) is 54.6 Å². The summed E-state index contributed by atoms with van der Waals surface area (Å²) in [5.74, 6) is 2.28. The number of nitrogens with zero attached hydrogens (tertiary/aromatic N) is 2. The Morgan fingerprint density at radius 2 is 1.94 bits per heavy atom. The van der Waals surface area contributed by atoms with Crippen LogP contribution in [0.5, 0.6) is 5.75 Å². The van der Waals surface area contributed by atoms with Gasteiger partial charge in [0.2, 0.25) is 0 Å². The minimum Gasteiger partial charge on any atom is -0.497 e. The molecule has 0 spiro atoms. The summed E-state index contributed by atoms with van der Waals surface area (Å²) in [6.45, 7) is 8.16. The van der Waals surface area contributed by atoms with Crippen molar-refractivity contribution in [2.24, 2.45) is 17.8 Å². The van der Waals surface area contributed by atoms with E-state index in [1.807, 2.05) is 36.4 Å². The lowest BCUT2D eigenvalue weighted by Gasteiger charge is -2.56. The first kappa shape index (κ1) is 25.3. The summed E-state index contributed by atoms with van der Waals surface area (Å²) in [5, 5.41) is 11.7. The molecule has 0 bridgehead atoms. The van der Waals surface area contributed by atoms with Crippen molar-refractivity contribution in [2.45, 2.75) is 63.5 Å². The Morgan fingerprint density at radius 3 is 2.64 bits per heavy atom. The molecular weight excluding hydrogens is 448 g/mol. The maximum atomic E-state index is 13.8. The Bertz CT molecular complexity index is 1040. The third-order valence-electron chi connectivity index (χ3n) is 8.76. The lowest BCUT2D eigenvalue weighted by molar-refractivity contribution is -0.0655. The second kappa shape index (κ2) is 10.5. The van der Waals surface area contributed by atoms with E-state index >= 15 is 0 Å². The van der Waals surface area contributed by atoms with Crippen molar-refractivity contribution in [3.05, 3.63) is 65.7 Å². The zero-order valence-corrected chi connectivity index (χ0v) is 22.1. The van der Waals surface area contributed by atoms with Crippen LogP contribution in [0.3, 0.4) is 0 Å². The van der Waals surface area contributed by atoms with Crippen LogP contribution in [-0.4, -0.2) is 66.2 Å². The van der Waals surface area contributed by atoms with E-state index in [1.165, 1.54) is 18.4 Å². The predicted molar refractivity (Wildman–Crippen MR) is 143 cm³/mol. The topological polar surface area (TPSA) is 53.0 Å². The van der Waals surface area contributed by atoms with Gasteiger partial charge in [-0.2, -0.15) is 0 Å². The molecule has 3 fully saturated rings. The summed E-state index contributed by atoms with van der Waals surface area (Å²) in [4.78, 5) is 18.4. The number of hydrogen-bond acceptors (Lipinski definition) is 4. The molecule has 5 rings (SSSR count). The van der Waals surface area contributed by atoms with Gasteiger partial charge in [-0.05, 0) is 80.3 Å². The summed E-state index contributed by atoms with van der Waals surface area (Å²) in [7, 11) is 1.72. The van der Waals surface area contributed by atoms with Crippen LogP contribution in [-0.2, 0) is 5.41 Å². The number of methoxy groups -OCH3 is 1. The molecule has 2 aliphatic carbocycles. The second-order valence-electron chi connectivity index (χ2n) is 11.8. The van der Waals surface area contributed by atoms with Gasteiger partial charge in [-0.1, -0.05) is 44.2 Å². The van der Waals surface area contributed by atoms with Gasteiger partial charge >= 0.3 is 0 Å². The molecule has 5 nitrogen and oxygen atoms in total. The van der Waals surface area contributed by atoms with Gasteiger partial charge in [0, 0.05) is 42.6 Å². The molecule has 0 radical (unpaired) electrons. The van der Waals surface area contributed by atoms with Crippen LogP contribution in [0.4, 0.5) is 0 Å². The number of carbonyl (C=O) groups is 1. The smallest absolute Gasteiger partial charge is 0.254 e. The average molecular weight is 491 g/mol. The maximum absolute atomic E-state index is 13.8. The molecule has 36 heavy (non-hydrogen) atoms. The molecule has 5 heteroatoms. The van der Waals surface area contributed by atoms with Crippen molar-refractivity contribution in [3.63, 3.8) is 0 Å². The Kier molecular flexibility index (Phi) is 7.41. The molecule has 1 amide bonds. The van der Waals surface area contributed by atoms with Crippen LogP contribution in [0.2, 0.25) is 0 Å². The number of ether oxygens (including phenoxy) is 1. The molecule has 194 valence electrons. The number of piperidine rings is 1. The molecule has 3 aliphatic rings. The Hall–Kier alpha value is -2.37. The fraction of sp³-hybridized carbons (Fsp3) is 0.581. The van der Waals surface area contributed by atoms with E-state index in [-0.39, 0.29) is 23.3 Å². The first-order valence-electron chi connectivity index (χ1n) is 13.8. The number of aliphatic hydroxyl groups excluding tert-OH is 1. The predicted octanol–water partition coefficient (Wildman–Crippen LogP) is 4.99. The lowest BCUT2D eigenvalue weighted by atomic mass is 9.56. The van der Waals surface area contributed by atoms with Gasteiger partial charge in [-0.15, -0.1) is 0 Å². The molecule has 1 N–H and O–H groups in total. The van der Waals surface area contributed by atoms with Gasteiger partial charge in [0.05, 0.1) is 13.2 Å². The van der Waals surface area contributed by atoms with Gasteiger partial charge in [-0.3, -0.25) is 4.79 Å². The van der Waals surface area contributed by atoms with Crippen molar-refractivity contribution < 1.29 is 14.6 Å². The zero-order chi connectivity index (χ0) is 25.3. The van der Waals surface area contributed by atoms with E-state index in [9.17, 15) is 9.90 Å². The zero-order valence-electron chi connectivity index (χ0n) is 22.1. The van der Waals surface area contributed by atoms with Crippen molar-refractivity contribution in [1.29, 1.82) is 0 Å². The molecule has 2 aromatic carbocycles. The molecule has 2 saturated carbocycles. The highest BCUT2D eigenvalue weighted by atomic mass is 16.5. The number of fused-ring (bicyclic) bond motifs is 1. The normalized spacial score (nSPS) is 28.5. The highest BCUT2D eigenvalue weighted by Gasteiger charge is 2.53. The molecule has 1 unspecified atom stereocenters. The Labute approximate surface area is 216 Å². The van der Waals surface area contributed by atoms with E-state index in [4.69, 9.17) is 4.74 Å². The van der Waals surface area contributed by atoms with Gasteiger partial charge in [0.15, 0.2) is 0 Å². The largest absolute Gasteiger partial charge is 0.497 e. The summed E-state index contributed by atoms with van der Waals surface area (Å²) in [6, 6.07) is 18.1. The van der Waals surface area contributed by atoms with Crippen LogP contribution in [0, 0.1) is 17.8 Å². The van der Waals surface area contributed by atoms with Gasteiger partial charge in [0.25, 0.3) is 5.91 Å². The van der Waals surface area contributed by atoms with E-state index in [0.717, 1.165) is 49.7 Å². The molecule has 0 aromatic heterocycles. The third kappa shape index (κ3) is 5.19. The molecule has 2 aromatic rings. The van der Waals surface area contributed by atoms with E-state index in [1.54, 1.807) is 7.11 Å². The summed E-state index contributed by atoms with van der Waals surface area (Å²) in [5.41, 5.74) is 1.80. The van der Waals surface area contributed by atoms with Gasteiger partial charge < -0.3 is 19.6 Å². The molecule has 1 aliphatic heterocycles. The fourth-order valence-corrected chi connectivity index (χ4v) is 6.79. The highest BCUT2D eigenvalue weighted by molar-refractivity contribution is 5.94. The number of likely N-dealkylation sites (tertiary alicyclic amines) is 1. The van der Waals surface area contributed by atoms with Crippen molar-refractivity contribution in [1.82, 2.24) is 9.80 Å². The van der Waals surface area contributed by atoms with Crippen LogP contribution >= 0.6 is 0 Å². The monoisotopic (exact) mass is 490 g/mol. The Balaban J connectivity index is 1.50. The number of carbonyl (C=O) groups excluding carboxylic acids is 1. The number of aliphatic hydroxyl groups is 1. The summed E-state index contributed by atoms with van der Waals surface area (Å²) in [6.07, 6.45) is 4.76. The SMILES string of the molecule is COc1cccc([C@@]23CCN(CC4CC4)C[C@H]2C(O)C[C@H](N(CC(C)C)C(=O)c2ccccc2)C3)c1. The molecule has 1 saturated heterocycles. The van der Waals surface area contributed by atoms with E-state index in [0.29, 0.717) is 18.9 Å². The van der Waals surface area contributed by atoms with E-state index < -0.39 is 6.10 Å². The van der Waals surface area contributed by atoms with Crippen LogP contribution in [0.1, 0.15) is 61.9 Å². The third-order valence-corrected chi connectivity index (χ3v) is 8.76. The number of rotatable bonds is 8. The number of benzene rings is 2. The Morgan fingerprint density at radius 1 is 1.17 bits per heavy atom. The quantitative estimate of drug-likeness (QED) is 0.567. The summed E-state index contributed by atoms with van der Waals surface area (Å²) < 4.78 is 5.62. The molecular formula is C31H42N2O3. The number of hydrogen-bond donors (Lipinski definition) is 1. The summed E-state index contributed by atoms with van der Waals surface area (Å²) >= 11 is 0. The van der Waals surface area contributed by atoms with Crippen LogP contribution in [0.25, 0.3) is 0 Å². The standard InChI is InChI=1S/C31H42N2O3/c1-22(2)19-33(30(35)24-8-5-4-6-9-24)26-17-29(34)28-21-32(20-23-12-13-23)15-14-31(28,18-26)25-10-7-11-27(16-25)36-3/h4-11,16,22-23,26,28-29,34H,12-15,17-21H2,1-3H3/t26-,28-,29?,31-/m0/s1. The maximum Gasteiger partial charge on any atom is 0.254 e. The van der Waals surface area contributed by atoms with E-state index in [2.05, 4.69) is 41.8 Å². The first-order valence-corrected chi connectivity index (χ1v) is 13.8. The minimum absolute atomic E-state index is 0.00691. The molecule has 1 heterocycles. The van der Waals surface area contributed by atoms with Crippen molar-refractivity contribution in [3.8, 4) is 5.75 Å². The minimum atomic E-state index is -0.449. The highest BCUT2D eigenvalue weighted by Crippen LogP contribution is 2.51. The van der Waals surface area contributed by atoms with Crippen molar-refractivity contribution in [2.75, 3.05) is 33.3 Å². The average Bonchev–Trinajstić information content (AvgIpc) is 3.71. The van der Waals surface area contributed by atoms with Crippen molar-refractivity contribution >= 4 is 5.91 Å². The van der Waals surface area contributed by atoms with Crippen LogP contribution < -0.4 is 4.74 Å². The number of amides is 1. The molecule has 4 atom stereocenters.